The van der Waals surface area contributed by atoms with Gasteiger partial charge in [-0.1, -0.05) is 35.7 Å². The maximum atomic E-state index is 12.8. The fourth-order valence-electron chi connectivity index (χ4n) is 2.20. The number of unbranched alkanes of at least 4 members (excludes halogenated alkanes) is 2. The summed E-state index contributed by atoms with van der Waals surface area (Å²) in [5.41, 5.74) is 8.17. The summed E-state index contributed by atoms with van der Waals surface area (Å²) in [4.78, 5) is 14.7. The van der Waals surface area contributed by atoms with Crippen molar-refractivity contribution in [3.63, 3.8) is 0 Å². The Bertz CT molecular complexity index is 472. The zero-order chi connectivity index (χ0) is 15.3. The molecular formula is C16H25BrN2O. The van der Waals surface area contributed by atoms with Crippen molar-refractivity contribution in [2.45, 2.75) is 53.0 Å². The topological polar surface area (TPSA) is 46.3 Å². The summed E-state index contributed by atoms with van der Waals surface area (Å²) in [6, 6.07) is 3.89. The van der Waals surface area contributed by atoms with E-state index in [1.165, 1.54) is 0 Å². The normalized spacial score (nSPS) is 10.9. The Balaban J connectivity index is 3.00. The second-order valence-electron chi connectivity index (χ2n) is 5.47. The molecule has 0 aliphatic heterocycles. The Kier molecular flexibility index (Phi) is 6.53. The maximum absolute atomic E-state index is 12.8. The highest BCUT2D eigenvalue weighted by molar-refractivity contribution is 9.10. The number of benzene rings is 1. The van der Waals surface area contributed by atoms with Gasteiger partial charge in [-0.05, 0) is 44.9 Å². The molecule has 1 amide bonds. The predicted octanol–water partition coefficient (Wildman–Crippen LogP) is 4.38. The maximum Gasteiger partial charge on any atom is 0.254 e. The Morgan fingerprint density at radius 3 is 2.55 bits per heavy atom. The minimum Gasteiger partial charge on any atom is -0.398 e. The fourth-order valence-corrected chi connectivity index (χ4v) is 2.68. The number of anilines is 1. The van der Waals surface area contributed by atoms with Crippen molar-refractivity contribution in [2.24, 2.45) is 0 Å². The summed E-state index contributed by atoms with van der Waals surface area (Å²) in [5.74, 6) is 0.0709. The van der Waals surface area contributed by atoms with Crippen LogP contribution in [0.1, 0.15) is 56.0 Å². The van der Waals surface area contributed by atoms with Crippen LogP contribution in [0.3, 0.4) is 0 Å². The standard InChI is InChI=1S/C16H25BrN2O/c1-5-6-7-8-19(11(2)3)16(20)14-9-13(17)10-15(18)12(14)4/h9-11H,5-8,18H2,1-4H3. The highest BCUT2D eigenvalue weighted by Crippen LogP contribution is 2.24. The van der Waals surface area contributed by atoms with Crippen LogP contribution in [0.15, 0.2) is 16.6 Å². The van der Waals surface area contributed by atoms with E-state index >= 15 is 0 Å². The van der Waals surface area contributed by atoms with E-state index in [1.807, 2.05) is 24.0 Å². The molecule has 0 fully saturated rings. The third-order valence-electron chi connectivity index (χ3n) is 3.53. The van der Waals surface area contributed by atoms with Crippen molar-refractivity contribution in [2.75, 3.05) is 12.3 Å². The first-order valence-corrected chi connectivity index (χ1v) is 8.04. The van der Waals surface area contributed by atoms with Crippen molar-refractivity contribution < 1.29 is 4.79 Å². The van der Waals surface area contributed by atoms with E-state index in [2.05, 4.69) is 36.7 Å². The molecule has 0 unspecified atom stereocenters. The Morgan fingerprint density at radius 1 is 1.35 bits per heavy atom. The van der Waals surface area contributed by atoms with Crippen LogP contribution in [-0.4, -0.2) is 23.4 Å². The molecule has 20 heavy (non-hydrogen) atoms. The number of amides is 1. The van der Waals surface area contributed by atoms with Crippen molar-refractivity contribution in [1.29, 1.82) is 0 Å². The van der Waals surface area contributed by atoms with Crippen molar-refractivity contribution in [1.82, 2.24) is 4.90 Å². The van der Waals surface area contributed by atoms with Crippen LogP contribution in [0.4, 0.5) is 5.69 Å². The average Bonchev–Trinajstić information content (AvgIpc) is 2.37. The first kappa shape index (κ1) is 17.0. The number of hydrogen-bond donors (Lipinski definition) is 1. The number of rotatable bonds is 6. The second-order valence-corrected chi connectivity index (χ2v) is 6.38. The smallest absolute Gasteiger partial charge is 0.254 e. The van der Waals surface area contributed by atoms with Gasteiger partial charge in [0.15, 0.2) is 0 Å². The Morgan fingerprint density at radius 2 is 2.00 bits per heavy atom. The number of nitrogens with two attached hydrogens (primary N) is 1. The quantitative estimate of drug-likeness (QED) is 0.616. The van der Waals surface area contributed by atoms with Gasteiger partial charge < -0.3 is 10.6 Å². The highest BCUT2D eigenvalue weighted by atomic mass is 79.9. The van der Waals surface area contributed by atoms with Crippen LogP contribution >= 0.6 is 15.9 Å². The van der Waals surface area contributed by atoms with E-state index in [-0.39, 0.29) is 11.9 Å². The van der Waals surface area contributed by atoms with Gasteiger partial charge >= 0.3 is 0 Å². The monoisotopic (exact) mass is 340 g/mol. The average molecular weight is 341 g/mol. The molecule has 0 aliphatic carbocycles. The van der Waals surface area contributed by atoms with Crippen LogP contribution in [0, 0.1) is 6.92 Å². The summed E-state index contributed by atoms with van der Waals surface area (Å²) in [7, 11) is 0. The first-order chi connectivity index (χ1) is 9.38. The molecule has 0 radical (unpaired) electrons. The molecule has 1 rings (SSSR count). The Hall–Kier alpha value is -1.03. The van der Waals surface area contributed by atoms with Crippen molar-refractivity contribution in [3.05, 3.63) is 27.7 Å². The minimum atomic E-state index is 0.0709. The van der Waals surface area contributed by atoms with Gasteiger partial charge in [0.1, 0.15) is 0 Å². The molecule has 0 bridgehead atoms. The van der Waals surface area contributed by atoms with Crippen LogP contribution in [0.5, 0.6) is 0 Å². The first-order valence-electron chi connectivity index (χ1n) is 7.25. The number of nitrogen functional groups attached to an aromatic ring is 1. The molecule has 0 aromatic heterocycles. The lowest BCUT2D eigenvalue weighted by Gasteiger charge is -2.28. The fraction of sp³-hybridized carbons (Fsp3) is 0.562. The van der Waals surface area contributed by atoms with Gasteiger partial charge in [-0.15, -0.1) is 0 Å². The molecule has 0 saturated heterocycles. The SMILES string of the molecule is CCCCCN(C(=O)c1cc(Br)cc(N)c1C)C(C)C. The number of hydrogen-bond acceptors (Lipinski definition) is 2. The second kappa shape index (κ2) is 7.67. The van der Waals surface area contributed by atoms with Gasteiger partial charge in [0.05, 0.1) is 0 Å². The molecule has 0 aliphatic rings. The summed E-state index contributed by atoms with van der Waals surface area (Å²) in [6.45, 7) is 8.98. The van der Waals surface area contributed by atoms with Crippen LogP contribution in [0.2, 0.25) is 0 Å². The molecule has 112 valence electrons. The van der Waals surface area contributed by atoms with Gasteiger partial charge in [-0.3, -0.25) is 4.79 Å². The minimum absolute atomic E-state index is 0.0709. The molecule has 0 saturated carbocycles. The molecule has 0 spiro atoms. The Labute approximate surface area is 130 Å². The zero-order valence-corrected chi connectivity index (χ0v) is 14.5. The van der Waals surface area contributed by atoms with Crippen LogP contribution in [-0.2, 0) is 0 Å². The van der Waals surface area contributed by atoms with Gasteiger partial charge in [0.2, 0.25) is 0 Å². The number of carbonyl (C=O) groups excluding carboxylic acids is 1. The number of halogens is 1. The highest BCUT2D eigenvalue weighted by Gasteiger charge is 2.21. The summed E-state index contributed by atoms with van der Waals surface area (Å²) >= 11 is 3.41. The van der Waals surface area contributed by atoms with Gasteiger partial charge in [0, 0.05) is 28.3 Å². The molecule has 2 N–H and O–H groups in total. The molecule has 3 nitrogen and oxygen atoms in total. The van der Waals surface area contributed by atoms with E-state index in [0.29, 0.717) is 11.3 Å². The van der Waals surface area contributed by atoms with E-state index in [0.717, 1.165) is 35.8 Å². The molecule has 0 atom stereocenters. The lowest BCUT2D eigenvalue weighted by Crippen LogP contribution is -2.38. The van der Waals surface area contributed by atoms with Gasteiger partial charge in [-0.2, -0.15) is 0 Å². The van der Waals surface area contributed by atoms with E-state index in [4.69, 9.17) is 5.73 Å². The third-order valence-corrected chi connectivity index (χ3v) is 3.99. The number of carbonyl (C=O) groups is 1. The number of nitrogens with zero attached hydrogens (tertiary/aromatic N) is 1. The molecule has 0 heterocycles. The van der Waals surface area contributed by atoms with Gasteiger partial charge in [-0.25, -0.2) is 0 Å². The lowest BCUT2D eigenvalue weighted by atomic mass is 10.0. The molecule has 1 aromatic carbocycles. The largest absolute Gasteiger partial charge is 0.398 e. The zero-order valence-electron chi connectivity index (χ0n) is 12.9. The van der Waals surface area contributed by atoms with Crippen LogP contribution in [0.25, 0.3) is 0 Å². The summed E-state index contributed by atoms with van der Waals surface area (Å²) in [5, 5.41) is 0. The molecule has 4 heteroatoms. The van der Waals surface area contributed by atoms with Crippen molar-refractivity contribution in [3.8, 4) is 0 Å². The van der Waals surface area contributed by atoms with E-state index in [9.17, 15) is 4.79 Å². The van der Waals surface area contributed by atoms with Crippen LogP contribution < -0.4 is 5.73 Å². The van der Waals surface area contributed by atoms with Crippen molar-refractivity contribution >= 4 is 27.5 Å². The molecular weight excluding hydrogens is 316 g/mol. The van der Waals surface area contributed by atoms with E-state index < -0.39 is 0 Å². The third kappa shape index (κ3) is 4.23. The summed E-state index contributed by atoms with van der Waals surface area (Å²) < 4.78 is 0.848. The predicted molar refractivity (Wildman–Crippen MR) is 89.0 cm³/mol. The molecule has 1 aromatic rings. The van der Waals surface area contributed by atoms with Gasteiger partial charge in [0.25, 0.3) is 5.91 Å². The lowest BCUT2D eigenvalue weighted by molar-refractivity contribution is 0.0701. The summed E-state index contributed by atoms with van der Waals surface area (Å²) in [6.07, 6.45) is 3.35. The van der Waals surface area contributed by atoms with E-state index in [1.54, 1.807) is 0 Å².